The van der Waals surface area contributed by atoms with Crippen LogP contribution < -0.4 is 9.30 Å². The first-order chi connectivity index (χ1) is 11.9. The molecule has 0 amide bonds. The molecular weight excluding hydrogens is 296 g/mol. The molecule has 0 saturated carbocycles. The predicted octanol–water partition coefficient (Wildman–Crippen LogP) is 4.17. The summed E-state index contributed by atoms with van der Waals surface area (Å²) in [4.78, 5) is 0. The number of hydrogen-bond donors (Lipinski definition) is 0. The molecule has 1 aliphatic heterocycles. The number of methoxy groups -OCH3 is 1. The summed E-state index contributed by atoms with van der Waals surface area (Å²) < 4.78 is 10.4. The molecule has 4 rings (SSSR count). The van der Waals surface area contributed by atoms with Crippen molar-refractivity contribution in [2.45, 2.75) is 32.2 Å². The van der Waals surface area contributed by atoms with Gasteiger partial charge >= 0.3 is 0 Å². The number of ether oxygens (including phenoxy) is 1. The third-order valence-corrected chi connectivity index (χ3v) is 4.83. The molecule has 0 radical (unpaired) electrons. The first-order valence-corrected chi connectivity index (χ1v) is 8.71. The Bertz CT molecular complexity index is 836. The van der Waals surface area contributed by atoms with Crippen molar-refractivity contribution in [2.24, 2.45) is 0 Å². The van der Waals surface area contributed by atoms with Gasteiger partial charge in [-0.05, 0) is 31.4 Å². The lowest BCUT2D eigenvalue weighted by Crippen LogP contribution is -2.34. The van der Waals surface area contributed by atoms with E-state index < -0.39 is 0 Å². The number of imidazole rings is 1. The monoisotopic (exact) mass is 319 g/mol. The third-order valence-electron chi connectivity index (χ3n) is 4.83. The highest BCUT2D eigenvalue weighted by molar-refractivity contribution is 5.58. The quantitative estimate of drug-likeness (QED) is 0.663. The first kappa shape index (κ1) is 15.0. The molecule has 3 nitrogen and oxygen atoms in total. The lowest BCUT2D eigenvalue weighted by Gasteiger charge is -2.06. The number of aromatic nitrogens is 2. The number of nitrogens with zero attached hydrogens (tertiary/aromatic N) is 2. The average Bonchev–Trinajstić information content (AvgIpc) is 2.83. The zero-order chi connectivity index (χ0) is 16.4. The van der Waals surface area contributed by atoms with E-state index in [0.717, 1.165) is 24.4 Å². The maximum atomic E-state index is 5.61. The van der Waals surface area contributed by atoms with Gasteiger partial charge in [0.1, 0.15) is 6.20 Å². The van der Waals surface area contributed by atoms with Gasteiger partial charge in [-0.1, -0.05) is 42.5 Å². The molecular formula is C21H23N2O+. The van der Waals surface area contributed by atoms with Gasteiger partial charge in [0.15, 0.2) is 17.1 Å². The van der Waals surface area contributed by atoms with Crippen LogP contribution in [0.3, 0.4) is 0 Å². The van der Waals surface area contributed by atoms with E-state index in [2.05, 4.69) is 57.8 Å². The molecule has 0 saturated heterocycles. The highest BCUT2D eigenvalue weighted by Crippen LogP contribution is 2.26. The van der Waals surface area contributed by atoms with Crippen molar-refractivity contribution in [3.63, 3.8) is 0 Å². The van der Waals surface area contributed by atoms with Gasteiger partial charge in [0.25, 0.3) is 5.82 Å². The Hall–Kier alpha value is -2.55. The summed E-state index contributed by atoms with van der Waals surface area (Å²) in [6.07, 6.45) is 7.15. The summed E-state index contributed by atoms with van der Waals surface area (Å²) in [6.45, 7) is 1.09. The lowest BCUT2D eigenvalue weighted by atomic mass is 10.1. The number of benzene rings is 2. The molecule has 3 aromatic rings. The zero-order valence-electron chi connectivity index (χ0n) is 14.1. The summed E-state index contributed by atoms with van der Waals surface area (Å²) in [7, 11) is 1.74. The summed E-state index contributed by atoms with van der Waals surface area (Å²) in [5.41, 5.74) is 3.68. The predicted molar refractivity (Wildman–Crippen MR) is 95.5 cm³/mol. The highest BCUT2D eigenvalue weighted by Gasteiger charge is 2.28. The SMILES string of the molecule is COc1ccccc1-[n+]1cc(-c2ccccc2)n2c1CCCCC2. The van der Waals surface area contributed by atoms with Gasteiger partial charge in [-0.25, -0.2) is 4.57 Å². The Balaban J connectivity index is 1.93. The van der Waals surface area contributed by atoms with Crippen LogP contribution >= 0.6 is 0 Å². The van der Waals surface area contributed by atoms with E-state index >= 15 is 0 Å². The largest absolute Gasteiger partial charge is 0.492 e. The van der Waals surface area contributed by atoms with Crippen LogP contribution in [-0.4, -0.2) is 11.7 Å². The second-order valence-electron chi connectivity index (χ2n) is 6.30. The van der Waals surface area contributed by atoms with Crippen molar-refractivity contribution < 1.29 is 9.30 Å². The Kier molecular flexibility index (Phi) is 4.08. The molecule has 1 aromatic heterocycles. The van der Waals surface area contributed by atoms with E-state index in [1.807, 2.05) is 12.1 Å². The van der Waals surface area contributed by atoms with E-state index in [1.54, 1.807) is 7.11 Å². The van der Waals surface area contributed by atoms with Crippen LogP contribution in [0.2, 0.25) is 0 Å². The van der Waals surface area contributed by atoms with Crippen molar-refractivity contribution in [3.05, 3.63) is 66.6 Å². The molecule has 24 heavy (non-hydrogen) atoms. The van der Waals surface area contributed by atoms with E-state index in [9.17, 15) is 0 Å². The lowest BCUT2D eigenvalue weighted by molar-refractivity contribution is -0.604. The number of fused-ring (bicyclic) bond motifs is 1. The zero-order valence-corrected chi connectivity index (χ0v) is 14.1. The van der Waals surface area contributed by atoms with Gasteiger partial charge in [-0.15, -0.1) is 0 Å². The number of rotatable bonds is 3. The van der Waals surface area contributed by atoms with Gasteiger partial charge in [-0.3, -0.25) is 0 Å². The summed E-state index contributed by atoms with van der Waals surface area (Å²) in [5, 5.41) is 0. The molecule has 0 spiro atoms. The Labute approximate surface area is 143 Å². The Morgan fingerprint density at radius 1 is 0.917 bits per heavy atom. The van der Waals surface area contributed by atoms with Gasteiger partial charge in [0, 0.05) is 12.0 Å². The third kappa shape index (κ3) is 2.60. The van der Waals surface area contributed by atoms with Crippen LogP contribution in [0.1, 0.15) is 25.1 Å². The molecule has 0 unspecified atom stereocenters. The van der Waals surface area contributed by atoms with Crippen LogP contribution in [0.25, 0.3) is 16.9 Å². The molecule has 2 heterocycles. The van der Waals surface area contributed by atoms with Crippen LogP contribution in [0.15, 0.2) is 60.8 Å². The van der Waals surface area contributed by atoms with Gasteiger partial charge < -0.3 is 4.74 Å². The Morgan fingerprint density at radius 3 is 2.54 bits per heavy atom. The molecule has 3 heteroatoms. The van der Waals surface area contributed by atoms with Crippen molar-refractivity contribution in [3.8, 4) is 22.7 Å². The number of hydrogen-bond acceptors (Lipinski definition) is 1. The van der Waals surface area contributed by atoms with Gasteiger partial charge in [0.2, 0.25) is 0 Å². The molecule has 0 aliphatic carbocycles. The van der Waals surface area contributed by atoms with E-state index in [-0.39, 0.29) is 0 Å². The fourth-order valence-electron chi connectivity index (χ4n) is 3.65. The van der Waals surface area contributed by atoms with Crippen LogP contribution in [-0.2, 0) is 13.0 Å². The molecule has 122 valence electrons. The summed E-state index contributed by atoms with van der Waals surface area (Å²) in [6, 6.07) is 19.0. The van der Waals surface area contributed by atoms with Crippen LogP contribution in [0.4, 0.5) is 0 Å². The second kappa shape index (κ2) is 6.52. The minimum atomic E-state index is 0.916. The maximum Gasteiger partial charge on any atom is 0.262 e. The Morgan fingerprint density at radius 2 is 1.71 bits per heavy atom. The van der Waals surface area contributed by atoms with E-state index in [0.29, 0.717) is 0 Å². The fourth-order valence-corrected chi connectivity index (χ4v) is 3.65. The molecule has 0 bridgehead atoms. The first-order valence-electron chi connectivity index (χ1n) is 8.71. The van der Waals surface area contributed by atoms with Crippen molar-refractivity contribution in [1.29, 1.82) is 0 Å². The second-order valence-corrected chi connectivity index (χ2v) is 6.30. The number of para-hydroxylation sites is 2. The minimum Gasteiger partial charge on any atom is -0.492 e. The highest BCUT2D eigenvalue weighted by atomic mass is 16.5. The van der Waals surface area contributed by atoms with Crippen molar-refractivity contribution in [1.82, 2.24) is 4.57 Å². The van der Waals surface area contributed by atoms with E-state index in [4.69, 9.17) is 4.74 Å². The minimum absolute atomic E-state index is 0.916. The van der Waals surface area contributed by atoms with Crippen molar-refractivity contribution in [2.75, 3.05) is 7.11 Å². The van der Waals surface area contributed by atoms with Gasteiger partial charge in [0.05, 0.1) is 13.7 Å². The summed E-state index contributed by atoms with van der Waals surface area (Å²) in [5.74, 6) is 2.29. The van der Waals surface area contributed by atoms with Crippen LogP contribution in [0, 0.1) is 0 Å². The molecule has 0 fully saturated rings. The average molecular weight is 319 g/mol. The van der Waals surface area contributed by atoms with E-state index in [1.165, 1.54) is 36.3 Å². The molecule has 0 N–H and O–H groups in total. The fraction of sp³-hybridized carbons (Fsp3) is 0.286. The standard InChI is InChI=1S/C21H23N2O/c1-24-20-13-8-7-12-18(20)23-16-19(17-10-4-2-5-11-17)22-15-9-3-6-14-21(22)23/h2,4-5,7-8,10-13,16H,3,6,9,14-15H2,1H3/q+1. The summed E-state index contributed by atoms with van der Waals surface area (Å²) >= 11 is 0. The molecule has 2 aromatic carbocycles. The molecule has 1 aliphatic rings. The smallest absolute Gasteiger partial charge is 0.262 e. The normalized spacial score (nSPS) is 14.0. The van der Waals surface area contributed by atoms with Gasteiger partial charge in [-0.2, -0.15) is 4.57 Å². The van der Waals surface area contributed by atoms with Crippen LogP contribution in [0.5, 0.6) is 5.75 Å². The van der Waals surface area contributed by atoms with Crippen molar-refractivity contribution >= 4 is 0 Å². The molecule has 0 atom stereocenters. The maximum absolute atomic E-state index is 5.61. The topological polar surface area (TPSA) is 18.0 Å².